The summed E-state index contributed by atoms with van der Waals surface area (Å²) in [6, 6.07) is 1.56. The van der Waals surface area contributed by atoms with Crippen molar-refractivity contribution in [2.45, 2.75) is 46.6 Å². The van der Waals surface area contributed by atoms with Gasteiger partial charge in [0.2, 0.25) is 5.91 Å². The van der Waals surface area contributed by atoms with Crippen LogP contribution in [0.3, 0.4) is 0 Å². The number of aromatic nitrogens is 3. The van der Waals surface area contributed by atoms with Gasteiger partial charge in [0.25, 0.3) is 11.5 Å². The van der Waals surface area contributed by atoms with E-state index in [9.17, 15) is 19.2 Å². The number of unbranched alkanes of at least 4 members (excludes halogenated alkanes) is 1. The number of nitrogens with one attached hydrogen (secondary N) is 2. The van der Waals surface area contributed by atoms with Crippen LogP contribution in [-0.4, -0.2) is 32.9 Å². The Kier molecular flexibility index (Phi) is 7.48. The third-order valence-electron chi connectivity index (χ3n) is 5.04. The van der Waals surface area contributed by atoms with E-state index in [4.69, 9.17) is 10.2 Å². The molecule has 0 aliphatic rings. The summed E-state index contributed by atoms with van der Waals surface area (Å²) >= 11 is 1.18. The summed E-state index contributed by atoms with van der Waals surface area (Å²) in [4.78, 5) is 57.8. The minimum atomic E-state index is -0.720. The van der Waals surface area contributed by atoms with Crippen molar-refractivity contribution in [3.05, 3.63) is 55.6 Å². The van der Waals surface area contributed by atoms with Crippen LogP contribution in [0, 0.1) is 6.92 Å². The van der Waals surface area contributed by atoms with Gasteiger partial charge in [-0.3, -0.25) is 29.3 Å². The number of carbonyl (C=O) groups is 2. The summed E-state index contributed by atoms with van der Waals surface area (Å²) in [5.41, 5.74) is 5.57. The quantitative estimate of drug-likeness (QED) is 0.429. The lowest BCUT2D eigenvalue weighted by Gasteiger charge is -2.23. The van der Waals surface area contributed by atoms with Crippen LogP contribution >= 0.6 is 11.3 Å². The van der Waals surface area contributed by atoms with Crippen molar-refractivity contribution in [2.75, 3.05) is 22.5 Å². The second-order valence-electron chi connectivity index (χ2n) is 7.30. The van der Waals surface area contributed by atoms with E-state index in [-0.39, 0.29) is 30.4 Å². The second-order valence-corrected chi connectivity index (χ2v) is 8.16. The number of aromatic amines is 1. The van der Waals surface area contributed by atoms with Crippen molar-refractivity contribution in [3.8, 4) is 0 Å². The van der Waals surface area contributed by atoms with Crippen LogP contribution in [0.4, 0.5) is 16.6 Å². The summed E-state index contributed by atoms with van der Waals surface area (Å²) in [6.45, 7) is 5.86. The van der Waals surface area contributed by atoms with Gasteiger partial charge in [-0.2, -0.15) is 0 Å². The van der Waals surface area contributed by atoms with Crippen molar-refractivity contribution in [1.82, 2.24) is 14.5 Å². The minimum absolute atomic E-state index is 0.0471. The number of nitrogens with two attached hydrogens (primary N) is 1. The molecule has 0 aliphatic carbocycles. The van der Waals surface area contributed by atoms with Gasteiger partial charge in [-0.05, 0) is 26.3 Å². The van der Waals surface area contributed by atoms with E-state index < -0.39 is 17.2 Å². The van der Waals surface area contributed by atoms with E-state index >= 15 is 0 Å². The van der Waals surface area contributed by atoms with Crippen LogP contribution in [0.2, 0.25) is 0 Å². The van der Waals surface area contributed by atoms with E-state index in [1.807, 2.05) is 6.92 Å². The molecule has 3 aromatic heterocycles. The van der Waals surface area contributed by atoms with Gasteiger partial charge in [0.05, 0.1) is 23.9 Å². The van der Waals surface area contributed by atoms with Crippen LogP contribution in [0.1, 0.15) is 48.5 Å². The predicted octanol–water partition coefficient (Wildman–Crippen LogP) is 2.12. The van der Waals surface area contributed by atoms with Gasteiger partial charge < -0.3 is 15.1 Å². The average Bonchev–Trinajstić information content (AvgIpc) is 3.39. The monoisotopic (exact) mass is 474 g/mol. The summed E-state index contributed by atoms with van der Waals surface area (Å²) in [7, 11) is 0. The van der Waals surface area contributed by atoms with Gasteiger partial charge in [0.15, 0.2) is 10.8 Å². The number of furan rings is 1. The number of thiazole rings is 1. The van der Waals surface area contributed by atoms with Gasteiger partial charge in [0.1, 0.15) is 11.6 Å². The Balaban J connectivity index is 1.79. The summed E-state index contributed by atoms with van der Waals surface area (Å²) in [5.74, 6) is -0.336. The lowest BCUT2D eigenvalue weighted by atomic mass is 10.2. The molecule has 33 heavy (non-hydrogen) atoms. The number of likely N-dealkylation sites (N-methyl/N-ethyl adjacent to an activating group) is 1. The first kappa shape index (κ1) is 24.0. The van der Waals surface area contributed by atoms with Crippen LogP contribution < -0.4 is 27.2 Å². The maximum absolute atomic E-state index is 13.0. The number of aryl methyl sites for hydroxylation is 1. The third kappa shape index (κ3) is 5.22. The van der Waals surface area contributed by atoms with Gasteiger partial charge in [-0.1, -0.05) is 13.3 Å². The molecule has 176 valence electrons. The number of H-pyrrole nitrogens is 1. The lowest BCUT2D eigenvalue weighted by Crippen LogP contribution is -2.41. The Labute approximate surface area is 193 Å². The highest BCUT2D eigenvalue weighted by Gasteiger charge is 2.24. The van der Waals surface area contributed by atoms with Crippen molar-refractivity contribution in [3.63, 3.8) is 0 Å². The standard InChI is InChI=1S/C21H26N6O5S/c1-4-6-8-27-17(22)16(19(30)25-21(27)31)26(5-2)15(28)10-13-11-33-20(23-13)24-18(29)14-7-9-32-12(14)3/h7,9,11H,4-6,8,10,22H2,1-3H3,(H,23,24,29)(H,25,30,31). The number of nitrogen functional groups attached to an aromatic ring is 1. The molecule has 0 bridgehead atoms. The maximum atomic E-state index is 13.0. The second kappa shape index (κ2) is 10.3. The summed E-state index contributed by atoms with van der Waals surface area (Å²) in [6.07, 6.45) is 2.84. The molecule has 0 saturated heterocycles. The van der Waals surface area contributed by atoms with Crippen molar-refractivity contribution in [1.29, 1.82) is 0 Å². The van der Waals surface area contributed by atoms with E-state index in [1.54, 1.807) is 25.3 Å². The summed E-state index contributed by atoms with van der Waals surface area (Å²) < 4.78 is 6.40. The summed E-state index contributed by atoms with van der Waals surface area (Å²) in [5, 5.41) is 4.66. The molecular formula is C21H26N6O5S. The maximum Gasteiger partial charge on any atom is 0.330 e. The molecule has 2 amide bonds. The average molecular weight is 475 g/mol. The molecule has 3 aromatic rings. The largest absolute Gasteiger partial charge is 0.469 e. The number of nitrogens with zero attached hydrogens (tertiary/aromatic N) is 3. The minimum Gasteiger partial charge on any atom is -0.469 e. The molecule has 0 aromatic carbocycles. The molecule has 0 saturated carbocycles. The normalized spacial score (nSPS) is 10.9. The van der Waals surface area contributed by atoms with Gasteiger partial charge in [-0.25, -0.2) is 9.78 Å². The molecule has 0 radical (unpaired) electrons. The molecule has 11 nitrogen and oxygen atoms in total. The Hall–Kier alpha value is -3.67. The third-order valence-corrected chi connectivity index (χ3v) is 5.85. The number of amides is 2. The fourth-order valence-corrected chi connectivity index (χ4v) is 4.02. The van der Waals surface area contributed by atoms with Crippen molar-refractivity contribution < 1.29 is 14.0 Å². The van der Waals surface area contributed by atoms with Gasteiger partial charge in [-0.15, -0.1) is 11.3 Å². The van der Waals surface area contributed by atoms with Crippen LogP contribution in [0.25, 0.3) is 0 Å². The Morgan fingerprint density at radius 1 is 1.33 bits per heavy atom. The number of hydrogen-bond donors (Lipinski definition) is 3. The van der Waals surface area contributed by atoms with Gasteiger partial charge >= 0.3 is 5.69 Å². The molecular weight excluding hydrogens is 448 g/mol. The molecule has 4 N–H and O–H groups in total. The molecule has 0 aliphatic heterocycles. The van der Waals surface area contributed by atoms with E-state index in [2.05, 4.69) is 15.3 Å². The molecule has 3 rings (SSSR count). The molecule has 12 heteroatoms. The lowest BCUT2D eigenvalue weighted by molar-refractivity contribution is -0.118. The highest BCUT2D eigenvalue weighted by molar-refractivity contribution is 7.14. The van der Waals surface area contributed by atoms with Crippen molar-refractivity contribution in [2.24, 2.45) is 0 Å². The number of carbonyl (C=O) groups excluding carboxylic acids is 2. The van der Waals surface area contributed by atoms with E-state index in [0.29, 0.717) is 35.1 Å². The predicted molar refractivity (Wildman–Crippen MR) is 126 cm³/mol. The molecule has 0 unspecified atom stereocenters. The molecule has 0 atom stereocenters. The van der Waals surface area contributed by atoms with E-state index in [1.165, 1.54) is 27.1 Å². The number of rotatable bonds is 9. The molecule has 0 spiro atoms. The topological polar surface area (TPSA) is 156 Å². The van der Waals surface area contributed by atoms with Crippen LogP contribution in [0.5, 0.6) is 0 Å². The van der Waals surface area contributed by atoms with Crippen LogP contribution in [-0.2, 0) is 17.8 Å². The Bertz CT molecular complexity index is 1270. The zero-order chi connectivity index (χ0) is 24.1. The highest BCUT2D eigenvalue weighted by atomic mass is 32.1. The first-order valence-electron chi connectivity index (χ1n) is 10.5. The SMILES string of the molecule is CCCCn1c(N)c(N(CC)C(=O)Cc2csc(NC(=O)c3ccoc3C)n2)c(=O)[nH]c1=O. The van der Waals surface area contributed by atoms with Crippen molar-refractivity contribution >= 4 is 39.8 Å². The number of hydrogen-bond acceptors (Lipinski definition) is 8. The molecule has 3 heterocycles. The zero-order valence-electron chi connectivity index (χ0n) is 18.6. The smallest absolute Gasteiger partial charge is 0.330 e. The Morgan fingerprint density at radius 2 is 2.09 bits per heavy atom. The van der Waals surface area contributed by atoms with E-state index in [0.717, 1.165) is 6.42 Å². The highest BCUT2D eigenvalue weighted by Crippen LogP contribution is 2.21. The molecule has 0 fully saturated rings. The fourth-order valence-electron chi connectivity index (χ4n) is 3.32. The fraction of sp³-hybridized carbons (Fsp3) is 0.381. The van der Waals surface area contributed by atoms with Crippen LogP contribution in [0.15, 0.2) is 31.7 Å². The number of anilines is 3. The Morgan fingerprint density at radius 3 is 2.73 bits per heavy atom. The zero-order valence-corrected chi connectivity index (χ0v) is 19.5. The van der Waals surface area contributed by atoms with Gasteiger partial charge in [0, 0.05) is 18.5 Å². The first-order valence-corrected chi connectivity index (χ1v) is 11.4. The first-order chi connectivity index (χ1) is 15.8.